The molecule has 4 N–H and O–H groups in total. The van der Waals surface area contributed by atoms with E-state index in [2.05, 4.69) is 10.3 Å². The van der Waals surface area contributed by atoms with Crippen molar-refractivity contribution < 1.29 is 28.9 Å². The molecule has 1 amide bonds. The third kappa shape index (κ3) is 5.54. The zero-order valence-electron chi connectivity index (χ0n) is 18.8. The van der Waals surface area contributed by atoms with Crippen LogP contribution in [-0.2, 0) is 14.3 Å². The molecule has 0 atom stereocenters. The third-order valence-electron chi connectivity index (χ3n) is 6.36. The fourth-order valence-corrected chi connectivity index (χ4v) is 4.62. The zero-order valence-corrected chi connectivity index (χ0v) is 18.8. The molecule has 0 unspecified atom stereocenters. The van der Waals surface area contributed by atoms with E-state index in [0.717, 1.165) is 38.5 Å². The molecule has 1 saturated carbocycles. The predicted molar refractivity (Wildman–Crippen MR) is 122 cm³/mol. The third-order valence-corrected chi connectivity index (χ3v) is 6.36. The van der Waals surface area contributed by atoms with Crippen LogP contribution in [0.25, 0.3) is 10.9 Å². The minimum atomic E-state index is -1.11. The van der Waals surface area contributed by atoms with Crippen molar-refractivity contribution in [3.05, 3.63) is 29.5 Å². The van der Waals surface area contributed by atoms with Gasteiger partial charge in [-0.15, -0.1) is 0 Å². The van der Waals surface area contributed by atoms with Crippen LogP contribution in [0.5, 0.6) is 5.75 Å². The predicted octanol–water partition coefficient (Wildman–Crippen LogP) is 2.83. The van der Waals surface area contributed by atoms with Crippen LogP contribution in [0.2, 0.25) is 0 Å². The molecule has 0 radical (unpaired) electrons. The number of aryl methyl sites for hydroxylation is 1. The Morgan fingerprint density at radius 2 is 1.88 bits per heavy atom. The van der Waals surface area contributed by atoms with E-state index in [1.807, 2.05) is 6.07 Å². The van der Waals surface area contributed by atoms with Crippen molar-refractivity contribution in [2.24, 2.45) is 0 Å². The molecule has 0 bridgehead atoms. The summed E-state index contributed by atoms with van der Waals surface area (Å²) in [6.07, 6.45) is 4.85. The molecule has 1 aliphatic heterocycles. The van der Waals surface area contributed by atoms with Crippen LogP contribution in [0.4, 0.5) is 5.69 Å². The number of carbonyl (C=O) groups is 2. The number of nitrogen functional groups attached to an aromatic ring is 1. The number of amides is 1. The smallest absolute Gasteiger partial charge is 0.339 e. The highest BCUT2D eigenvalue weighted by atomic mass is 16.5. The molecule has 9 heteroatoms. The number of rotatable bonds is 7. The lowest BCUT2D eigenvalue weighted by Gasteiger charge is -2.30. The molecule has 1 aromatic carbocycles. The molecule has 1 aliphatic carbocycles. The van der Waals surface area contributed by atoms with Gasteiger partial charge in [-0.05, 0) is 57.6 Å². The summed E-state index contributed by atoms with van der Waals surface area (Å²) in [6, 6.07) is 5.51. The van der Waals surface area contributed by atoms with Crippen molar-refractivity contribution in [2.45, 2.75) is 63.7 Å². The van der Waals surface area contributed by atoms with Gasteiger partial charge in [0.1, 0.15) is 17.9 Å². The van der Waals surface area contributed by atoms with Crippen molar-refractivity contribution in [2.75, 3.05) is 25.6 Å². The Labute approximate surface area is 192 Å². The van der Waals surface area contributed by atoms with Gasteiger partial charge in [0.2, 0.25) is 5.91 Å². The number of carbonyl (C=O) groups excluding carboxylic acids is 1. The van der Waals surface area contributed by atoms with E-state index < -0.39 is 5.97 Å². The summed E-state index contributed by atoms with van der Waals surface area (Å²) >= 11 is 0. The Morgan fingerprint density at radius 1 is 1.15 bits per heavy atom. The number of anilines is 1. The second-order valence-electron chi connectivity index (χ2n) is 8.72. The minimum absolute atomic E-state index is 0.00735. The number of fused-ring (bicyclic) bond motifs is 1. The van der Waals surface area contributed by atoms with Crippen molar-refractivity contribution in [1.82, 2.24) is 10.3 Å². The summed E-state index contributed by atoms with van der Waals surface area (Å²) in [7, 11) is 0. The minimum Gasteiger partial charge on any atom is -0.490 e. The van der Waals surface area contributed by atoms with Crippen LogP contribution < -0.4 is 15.8 Å². The molecule has 1 aromatic heterocycles. The van der Waals surface area contributed by atoms with E-state index in [4.69, 9.17) is 19.9 Å². The maximum Gasteiger partial charge on any atom is 0.339 e. The molecule has 178 valence electrons. The number of carboxylic acids is 1. The second kappa shape index (κ2) is 10.4. The number of benzene rings is 1. The van der Waals surface area contributed by atoms with Gasteiger partial charge in [0.15, 0.2) is 0 Å². The zero-order chi connectivity index (χ0) is 23.4. The summed E-state index contributed by atoms with van der Waals surface area (Å²) in [6.45, 7) is 3.09. The number of carboxylic acid groups (broad SMARTS) is 1. The molecule has 2 heterocycles. The number of nitrogens with zero attached hydrogens (tertiary/aromatic N) is 1. The maximum atomic E-state index is 12.3. The van der Waals surface area contributed by atoms with Gasteiger partial charge in [0.05, 0.1) is 34.5 Å². The maximum absolute atomic E-state index is 12.3. The Kier molecular flexibility index (Phi) is 7.29. The molecule has 9 nitrogen and oxygen atoms in total. The van der Waals surface area contributed by atoms with E-state index in [0.29, 0.717) is 35.6 Å². The van der Waals surface area contributed by atoms with Gasteiger partial charge in [-0.2, -0.15) is 0 Å². The number of nitrogens with two attached hydrogens (primary N) is 1. The molecule has 2 aromatic rings. The van der Waals surface area contributed by atoms with Gasteiger partial charge < -0.3 is 30.4 Å². The van der Waals surface area contributed by atoms with E-state index in [9.17, 15) is 14.7 Å². The number of hydrogen-bond donors (Lipinski definition) is 3. The van der Waals surface area contributed by atoms with Crippen LogP contribution >= 0.6 is 0 Å². The lowest BCUT2D eigenvalue weighted by Crippen LogP contribution is -2.42. The Balaban J connectivity index is 1.33. The van der Waals surface area contributed by atoms with Crippen LogP contribution in [0.3, 0.4) is 0 Å². The van der Waals surface area contributed by atoms with Gasteiger partial charge in [-0.1, -0.05) is 6.07 Å². The average molecular weight is 458 g/mol. The summed E-state index contributed by atoms with van der Waals surface area (Å²) in [4.78, 5) is 28.3. The van der Waals surface area contributed by atoms with Gasteiger partial charge in [-0.3, -0.25) is 9.78 Å². The summed E-state index contributed by atoms with van der Waals surface area (Å²) in [5.41, 5.74) is 7.38. The van der Waals surface area contributed by atoms with Gasteiger partial charge in [0.25, 0.3) is 0 Å². The molecule has 1 saturated heterocycles. The van der Waals surface area contributed by atoms with Crippen LogP contribution in [0.15, 0.2) is 18.2 Å². The highest BCUT2D eigenvalue weighted by Crippen LogP contribution is 2.35. The summed E-state index contributed by atoms with van der Waals surface area (Å²) in [5, 5.41) is 13.1. The highest BCUT2D eigenvalue weighted by Gasteiger charge is 2.26. The van der Waals surface area contributed by atoms with Crippen molar-refractivity contribution in [3.8, 4) is 5.75 Å². The normalized spacial score (nSPS) is 21.6. The molecular formula is C24H31N3O6. The fraction of sp³-hybridized carbons (Fsp3) is 0.542. The van der Waals surface area contributed by atoms with E-state index in [1.165, 1.54) is 0 Å². The number of aromatic carboxylic acids is 1. The summed E-state index contributed by atoms with van der Waals surface area (Å²) in [5.74, 6) is -0.654. The highest BCUT2D eigenvalue weighted by molar-refractivity contribution is 6.06. The molecule has 33 heavy (non-hydrogen) atoms. The van der Waals surface area contributed by atoms with Gasteiger partial charge >= 0.3 is 5.97 Å². The Bertz CT molecular complexity index is 1010. The molecule has 0 spiro atoms. The first-order valence-electron chi connectivity index (χ1n) is 11.5. The lowest BCUT2D eigenvalue weighted by atomic mass is 9.93. The first-order chi connectivity index (χ1) is 15.9. The number of nitrogens with one attached hydrogen (secondary N) is 1. The topological polar surface area (TPSA) is 133 Å². The van der Waals surface area contributed by atoms with Crippen LogP contribution in [0.1, 0.15) is 54.6 Å². The van der Waals surface area contributed by atoms with E-state index in [-0.39, 0.29) is 42.0 Å². The molecular weight excluding hydrogens is 426 g/mol. The SMILES string of the molecule is Cc1nc2cccc(OC3CCC(NC(=O)COC4CCOCC4)CC3)c2c(N)c1C(=O)O. The molecule has 2 aliphatic rings. The van der Waals surface area contributed by atoms with E-state index in [1.54, 1.807) is 19.1 Å². The Hall–Kier alpha value is -2.91. The first kappa shape index (κ1) is 23.3. The van der Waals surface area contributed by atoms with Gasteiger partial charge in [0, 0.05) is 19.3 Å². The fourth-order valence-electron chi connectivity index (χ4n) is 4.62. The lowest BCUT2D eigenvalue weighted by molar-refractivity contribution is -0.130. The quantitative estimate of drug-likeness (QED) is 0.578. The van der Waals surface area contributed by atoms with Crippen molar-refractivity contribution >= 4 is 28.5 Å². The molecule has 2 fully saturated rings. The van der Waals surface area contributed by atoms with Crippen molar-refractivity contribution in [1.29, 1.82) is 0 Å². The number of ether oxygens (including phenoxy) is 3. The average Bonchev–Trinajstić information content (AvgIpc) is 2.79. The molecule has 4 rings (SSSR count). The largest absolute Gasteiger partial charge is 0.490 e. The summed E-state index contributed by atoms with van der Waals surface area (Å²) < 4.78 is 17.2. The standard InChI is InChI=1S/C24H31N3O6/c1-14-21(24(29)30)23(25)22-18(26-14)3-2-4-19(22)33-17-7-5-15(6-8-17)27-20(28)13-32-16-9-11-31-12-10-16/h2-4,15-17H,5-13H2,1H3,(H2,25,26)(H,27,28)(H,29,30). The first-order valence-corrected chi connectivity index (χ1v) is 11.5. The van der Waals surface area contributed by atoms with Crippen LogP contribution in [0, 0.1) is 6.92 Å². The van der Waals surface area contributed by atoms with Gasteiger partial charge in [-0.25, -0.2) is 4.79 Å². The number of aromatic nitrogens is 1. The van der Waals surface area contributed by atoms with Crippen LogP contribution in [-0.4, -0.2) is 60.0 Å². The Morgan fingerprint density at radius 3 is 2.58 bits per heavy atom. The van der Waals surface area contributed by atoms with Crippen molar-refractivity contribution in [3.63, 3.8) is 0 Å². The number of pyridine rings is 1. The monoisotopic (exact) mass is 457 g/mol. The second-order valence-corrected chi connectivity index (χ2v) is 8.72. The van der Waals surface area contributed by atoms with E-state index >= 15 is 0 Å². The number of hydrogen-bond acceptors (Lipinski definition) is 7.